The van der Waals surface area contributed by atoms with Gasteiger partial charge in [0, 0.05) is 18.0 Å². The summed E-state index contributed by atoms with van der Waals surface area (Å²) in [7, 11) is 0. The number of hydrogen-bond donors (Lipinski definition) is 1. The molecule has 1 N–H and O–H groups in total. The van der Waals surface area contributed by atoms with Crippen molar-refractivity contribution in [2.24, 2.45) is 0 Å². The Balaban J connectivity index is 1.81. The number of H-pyrrole nitrogens is 1. The number of rotatable bonds is 3. The monoisotopic (exact) mass is 321 g/mol. The van der Waals surface area contributed by atoms with E-state index in [2.05, 4.69) is 25.1 Å². The van der Waals surface area contributed by atoms with E-state index in [9.17, 15) is 4.39 Å². The topological polar surface area (TPSA) is 80.5 Å². The molecule has 0 saturated heterocycles. The van der Waals surface area contributed by atoms with Crippen LogP contribution in [0, 0.1) is 12.7 Å². The molecule has 7 heteroatoms. The predicted molar refractivity (Wildman–Crippen MR) is 85.2 cm³/mol. The molecular weight excluding hydrogens is 309 g/mol. The van der Waals surface area contributed by atoms with Gasteiger partial charge < -0.3 is 9.51 Å². The van der Waals surface area contributed by atoms with Crippen molar-refractivity contribution >= 4 is 0 Å². The molecule has 0 aliphatic rings. The number of aromatic amines is 1. The number of nitrogens with zero attached hydrogens (tertiary/aromatic N) is 4. The van der Waals surface area contributed by atoms with Crippen molar-refractivity contribution < 1.29 is 8.91 Å². The summed E-state index contributed by atoms with van der Waals surface area (Å²) >= 11 is 0. The van der Waals surface area contributed by atoms with E-state index in [0.29, 0.717) is 34.4 Å². The number of imidazole rings is 1. The summed E-state index contributed by atoms with van der Waals surface area (Å²) < 4.78 is 18.8. The Bertz CT molecular complexity index is 993. The number of nitrogens with one attached hydrogen (secondary N) is 1. The van der Waals surface area contributed by atoms with E-state index in [0.717, 1.165) is 5.56 Å². The van der Waals surface area contributed by atoms with Crippen LogP contribution in [0.5, 0.6) is 0 Å². The minimum atomic E-state index is -0.331. The first-order valence-corrected chi connectivity index (χ1v) is 7.27. The zero-order valence-electron chi connectivity index (χ0n) is 12.7. The predicted octanol–water partition coefficient (Wildman–Crippen LogP) is 3.64. The fourth-order valence-electron chi connectivity index (χ4n) is 2.51. The van der Waals surface area contributed by atoms with Crippen molar-refractivity contribution in [2.45, 2.75) is 6.92 Å². The molecule has 0 unspecified atom stereocenters. The molecule has 4 rings (SSSR count). The molecule has 3 aromatic heterocycles. The maximum Gasteiger partial charge on any atom is 0.195 e. The van der Waals surface area contributed by atoms with Gasteiger partial charge in [-0.2, -0.15) is 0 Å². The highest BCUT2D eigenvalue weighted by molar-refractivity contribution is 5.80. The van der Waals surface area contributed by atoms with Gasteiger partial charge in [-0.3, -0.25) is 0 Å². The van der Waals surface area contributed by atoms with E-state index in [1.54, 1.807) is 43.7 Å². The number of hydrogen-bond acceptors (Lipinski definition) is 5. The SMILES string of the molecule is Cc1onc(-c2cccc(F)c2)c1-c1cnc(-c2ncccn2)[nH]1. The van der Waals surface area contributed by atoms with Crippen LogP contribution in [-0.4, -0.2) is 25.1 Å². The second-order valence-electron chi connectivity index (χ2n) is 5.19. The molecule has 0 radical (unpaired) electrons. The van der Waals surface area contributed by atoms with E-state index in [1.807, 2.05) is 0 Å². The molecule has 0 bridgehead atoms. The van der Waals surface area contributed by atoms with Gasteiger partial charge in [-0.05, 0) is 25.1 Å². The van der Waals surface area contributed by atoms with Gasteiger partial charge in [-0.15, -0.1) is 0 Å². The first kappa shape index (κ1) is 14.3. The van der Waals surface area contributed by atoms with Crippen LogP contribution in [0.25, 0.3) is 34.2 Å². The average molecular weight is 321 g/mol. The lowest BCUT2D eigenvalue weighted by Crippen LogP contribution is -1.89. The highest BCUT2D eigenvalue weighted by atomic mass is 19.1. The lowest BCUT2D eigenvalue weighted by atomic mass is 10.0. The molecule has 1 aromatic carbocycles. The molecular formula is C17H12FN5O. The molecule has 0 spiro atoms. The van der Waals surface area contributed by atoms with Crippen molar-refractivity contribution in [2.75, 3.05) is 0 Å². The Morgan fingerprint density at radius 1 is 1.08 bits per heavy atom. The summed E-state index contributed by atoms with van der Waals surface area (Å²) in [5.41, 5.74) is 2.62. The van der Waals surface area contributed by atoms with E-state index >= 15 is 0 Å². The van der Waals surface area contributed by atoms with Gasteiger partial charge in [0.25, 0.3) is 0 Å². The maximum absolute atomic E-state index is 13.5. The zero-order chi connectivity index (χ0) is 16.5. The van der Waals surface area contributed by atoms with Gasteiger partial charge in [0.15, 0.2) is 11.6 Å². The Kier molecular flexibility index (Phi) is 3.38. The summed E-state index contributed by atoms with van der Waals surface area (Å²) in [5.74, 6) is 1.31. The van der Waals surface area contributed by atoms with Crippen LogP contribution in [0.3, 0.4) is 0 Å². The lowest BCUT2D eigenvalue weighted by Gasteiger charge is -2.01. The van der Waals surface area contributed by atoms with Gasteiger partial charge in [0.05, 0.1) is 17.5 Å². The first-order chi connectivity index (χ1) is 11.7. The second-order valence-corrected chi connectivity index (χ2v) is 5.19. The minimum absolute atomic E-state index is 0.331. The molecule has 4 aromatic rings. The van der Waals surface area contributed by atoms with E-state index in [-0.39, 0.29) is 5.82 Å². The van der Waals surface area contributed by atoms with Crippen molar-refractivity contribution in [3.8, 4) is 34.2 Å². The maximum atomic E-state index is 13.5. The van der Waals surface area contributed by atoms with Crippen LogP contribution < -0.4 is 0 Å². The third-order valence-electron chi connectivity index (χ3n) is 3.58. The molecule has 24 heavy (non-hydrogen) atoms. The van der Waals surface area contributed by atoms with Crippen molar-refractivity contribution in [3.63, 3.8) is 0 Å². The van der Waals surface area contributed by atoms with Gasteiger partial charge in [-0.25, -0.2) is 19.3 Å². The molecule has 0 aliphatic heterocycles. The summed E-state index contributed by atoms with van der Waals surface area (Å²) in [6.07, 6.45) is 4.95. The molecule has 118 valence electrons. The zero-order valence-corrected chi connectivity index (χ0v) is 12.7. The molecule has 6 nitrogen and oxygen atoms in total. The second kappa shape index (κ2) is 5.69. The van der Waals surface area contributed by atoms with Crippen LogP contribution in [0.4, 0.5) is 4.39 Å². The van der Waals surface area contributed by atoms with E-state index in [4.69, 9.17) is 4.52 Å². The normalized spacial score (nSPS) is 10.9. The summed E-state index contributed by atoms with van der Waals surface area (Å²) in [6, 6.07) is 7.95. The Morgan fingerprint density at radius 2 is 1.92 bits per heavy atom. The smallest absolute Gasteiger partial charge is 0.195 e. The Morgan fingerprint density at radius 3 is 2.71 bits per heavy atom. The summed E-state index contributed by atoms with van der Waals surface area (Å²) in [5, 5.41) is 4.06. The van der Waals surface area contributed by atoms with Crippen molar-refractivity contribution in [1.29, 1.82) is 0 Å². The van der Waals surface area contributed by atoms with Gasteiger partial charge in [0.1, 0.15) is 17.3 Å². The van der Waals surface area contributed by atoms with Crippen LogP contribution >= 0.6 is 0 Å². The number of aromatic nitrogens is 5. The van der Waals surface area contributed by atoms with Crippen LogP contribution in [0.2, 0.25) is 0 Å². The largest absolute Gasteiger partial charge is 0.360 e. The van der Waals surface area contributed by atoms with E-state index in [1.165, 1.54) is 12.1 Å². The Labute approximate surface area is 136 Å². The number of aryl methyl sites for hydroxylation is 1. The molecule has 0 saturated carbocycles. The van der Waals surface area contributed by atoms with Crippen molar-refractivity contribution in [3.05, 3.63) is 60.5 Å². The number of benzene rings is 1. The van der Waals surface area contributed by atoms with Crippen molar-refractivity contribution in [1.82, 2.24) is 25.1 Å². The standard InChI is InChI=1S/C17H12FN5O/c1-10-14(15(23-24-10)11-4-2-5-12(18)8-11)13-9-21-17(22-13)16-19-6-3-7-20-16/h2-9H,1H3,(H,21,22). The highest BCUT2D eigenvalue weighted by Gasteiger charge is 2.19. The average Bonchev–Trinajstić information content (AvgIpc) is 3.22. The highest BCUT2D eigenvalue weighted by Crippen LogP contribution is 2.34. The third kappa shape index (κ3) is 2.45. The first-order valence-electron chi connectivity index (χ1n) is 7.27. The van der Waals surface area contributed by atoms with Crippen LogP contribution in [0.1, 0.15) is 5.76 Å². The molecule has 0 fully saturated rings. The lowest BCUT2D eigenvalue weighted by molar-refractivity contribution is 0.400. The van der Waals surface area contributed by atoms with Gasteiger partial charge in [-0.1, -0.05) is 17.3 Å². The molecule has 3 heterocycles. The number of halogens is 1. The minimum Gasteiger partial charge on any atom is -0.360 e. The summed E-state index contributed by atoms with van der Waals surface area (Å²) in [6.45, 7) is 1.80. The molecule has 0 amide bonds. The van der Waals surface area contributed by atoms with E-state index < -0.39 is 0 Å². The molecule has 0 aliphatic carbocycles. The van der Waals surface area contributed by atoms with Crippen LogP contribution in [0.15, 0.2) is 53.4 Å². The molecule has 0 atom stereocenters. The summed E-state index contributed by atoms with van der Waals surface area (Å²) in [4.78, 5) is 15.8. The fraction of sp³-hybridized carbons (Fsp3) is 0.0588. The third-order valence-corrected chi connectivity index (χ3v) is 3.58. The fourth-order valence-corrected chi connectivity index (χ4v) is 2.51. The Hall–Kier alpha value is -3.35. The van der Waals surface area contributed by atoms with Crippen LogP contribution in [-0.2, 0) is 0 Å². The quantitative estimate of drug-likeness (QED) is 0.623. The van der Waals surface area contributed by atoms with Gasteiger partial charge >= 0.3 is 0 Å². The van der Waals surface area contributed by atoms with Gasteiger partial charge in [0.2, 0.25) is 0 Å².